The number of nitrogens with zero attached hydrogens (tertiary/aromatic N) is 1. The first-order chi connectivity index (χ1) is 14.4. The average molecular weight is 444 g/mol. The molecule has 2 N–H and O–H groups in total. The van der Waals surface area contributed by atoms with Crippen molar-refractivity contribution in [3.05, 3.63) is 29.3 Å². The third-order valence-corrected chi connectivity index (χ3v) is 5.38. The Kier molecular flexibility index (Phi) is 8.34. The van der Waals surface area contributed by atoms with Crippen LogP contribution in [0.15, 0.2) is 18.2 Å². The molecule has 0 radical (unpaired) electrons. The molecular formula is C22H32F3N3O3. The van der Waals surface area contributed by atoms with Crippen LogP contribution >= 0.6 is 0 Å². The van der Waals surface area contributed by atoms with Gasteiger partial charge < -0.3 is 20.3 Å². The first kappa shape index (κ1) is 25.0. The van der Waals surface area contributed by atoms with Gasteiger partial charge in [0.25, 0.3) is 5.91 Å². The van der Waals surface area contributed by atoms with Crippen molar-refractivity contribution in [1.29, 1.82) is 0 Å². The minimum absolute atomic E-state index is 0.00756. The number of hydrogen-bond donors (Lipinski definition) is 2. The second kappa shape index (κ2) is 10.3. The summed E-state index contributed by atoms with van der Waals surface area (Å²) in [5, 5.41) is 5.69. The molecule has 1 heterocycles. The van der Waals surface area contributed by atoms with Crippen LogP contribution in [0.3, 0.4) is 0 Å². The van der Waals surface area contributed by atoms with Crippen LogP contribution in [0.1, 0.15) is 49.5 Å². The van der Waals surface area contributed by atoms with Crippen molar-refractivity contribution >= 4 is 11.8 Å². The molecular weight excluding hydrogens is 411 g/mol. The molecule has 1 aromatic carbocycles. The molecule has 0 atom stereocenters. The number of rotatable bonds is 7. The van der Waals surface area contributed by atoms with E-state index in [0.717, 1.165) is 44.6 Å². The Balaban J connectivity index is 1.79. The number of amides is 2. The number of likely N-dealkylation sites (tertiary alicyclic amines) is 1. The van der Waals surface area contributed by atoms with Crippen LogP contribution in [0.25, 0.3) is 0 Å². The Morgan fingerprint density at radius 2 is 1.74 bits per heavy atom. The summed E-state index contributed by atoms with van der Waals surface area (Å²) >= 11 is 0. The molecule has 0 bridgehead atoms. The number of methoxy groups -OCH3 is 1. The molecule has 9 heteroatoms. The van der Waals surface area contributed by atoms with Gasteiger partial charge in [0.1, 0.15) is 5.75 Å². The number of halogens is 3. The molecule has 0 aliphatic carbocycles. The Hall–Kier alpha value is -2.29. The van der Waals surface area contributed by atoms with Crippen LogP contribution in [0.5, 0.6) is 5.75 Å². The highest BCUT2D eigenvalue weighted by molar-refractivity contribution is 5.94. The van der Waals surface area contributed by atoms with Crippen LogP contribution < -0.4 is 15.4 Å². The van der Waals surface area contributed by atoms with E-state index in [2.05, 4.69) is 15.5 Å². The van der Waals surface area contributed by atoms with Crippen molar-refractivity contribution in [3.8, 4) is 5.75 Å². The van der Waals surface area contributed by atoms with E-state index in [1.165, 1.54) is 13.2 Å². The monoisotopic (exact) mass is 443 g/mol. The smallest absolute Gasteiger partial charge is 0.416 e. The normalized spacial score (nSPS) is 16.1. The van der Waals surface area contributed by atoms with Crippen LogP contribution in [0.4, 0.5) is 13.2 Å². The van der Waals surface area contributed by atoms with Crippen molar-refractivity contribution in [2.75, 3.05) is 39.8 Å². The zero-order valence-electron chi connectivity index (χ0n) is 18.6. The zero-order valence-corrected chi connectivity index (χ0v) is 18.6. The van der Waals surface area contributed by atoms with Crippen LogP contribution in [0, 0.1) is 11.3 Å². The van der Waals surface area contributed by atoms with Gasteiger partial charge in [-0.2, -0.15) is 13.2 Å². The quantitative estimate of drug-likeness (QED) is 0.678. The van der Waals surface area contributed by atoms with E-state index in [9.17, 15) is 22.8 Å². The molecule has 0 aromatic heterocycles. The van der Waals surface area contributed by atoms with Gasteiger partial charge in [-0.3, -0.25) is 9.59 Å². The third-order valence-electron chi connectivity index (χ3n) is 5.38. The molecule has 2 rings (SSSR count). The van der Waals surface area contributed by atoms with E-state index < -0.39 is 23.1 Å². The number of alkyl halides is 3. The van der Waals surface area contributed by atoms with Gasteiger partial charge in [-0.25, -0.2) is 0 Å². The van der Waals surface area contributed by atoms with Crippen molar-refractivity contribution in [2.24, 2.45) is 11.3 Å². The highest BCUT2D eigenvalue weighted by Gasteiger charge is 2.32. The van der Waals surface area contributed by atoms with E-state index in [0.29, 0.717) is 13.1 Å². The van der Waals surface area contributed by atoms with Crippen molar-refractivity contribution in [1.82, 2.24) is 15.5 Å². The summed E-state index contributed by atoms with van der Waals surface area (Å²) in [5.74, 6) is -0.267. The third kappa shape index (κ3) is 7.72. The van der Waals surface area contributed by atoms with Crippen molar-refractivity contribution in [3.63, 3.8) is 0 Å². The number of hydrogen-bond acceptors (Lipinski definition) is 4. The lowest BCUT2D eigenvalue weighted by atomic mass is 9.95. The molecule has 0 unspecified atom stereocenters. The lowest BCUT2D eigenvalue weighted by Gasteiger charge is -2.32. The summed E-state index contributed by atoms with van der Waals surface area (Å²) in [6.07, 6.45) is -2.80. The van der Waals surface area contributed by atoms with E-state index >= 15 is 0 Å². The lowest BCUT2D eigenvalue weighted by Crippen LogP contribution is -2.43. The summed E-state index contributed by atoms with van der Waals surface area (Å²) in [7, 11) is 1.26. The molecule has 174 valence electrons. The number of carbonyl (C=O) groups is 2. The Morgan fingerprint density at radius 1 is 1.10 bits per heavy atom. The van der Waals surface area contributed by atoms with Gasteiger partial charge in [0.15, 0.2) is 0 Å². The van der Waals surface area contributed by atoms with Crippen LogP contribution in [-0.2, 0) is 11.0 Å². The Morgan fingerprint density at radius 3 is 2.29 bits per heavy atom. The molecule has 0 spiro atoms. The maximum Gasteiger partial charge on any atom is 0.416 e. The minimum atomic E-state index is -4.55. The maximum absolute atomic E-state index is 13.0. The summed E-state index contributed by atoms with van der Waals surface area (Å²) in [6, 6.07) is 3.02. The van der Waals surface area contributed by atoms with Crippen LogP contribution in [0.2, 0.25) is 0 Å². The van der Waals surface area contributed by atoms with Crippen molar-refractivity contribution in [2.45, 2.75) is 39.8 Å². The molecule has 2 amide bonds. The lowest BCUT2D eigenvalue weighted by molar-refractivity contribution is -0.137. The largest absolute Gasteiger partial charge is 0.497 e. The SMILES string of the molecule is COc1cc(C(=O)NCC2CCN(CCNC(=O)C(C)(C)C)CC2)cc(C(F)(F)F)c1. The summed E-state index contributed by atoms with van der Waals surface area (Å²) in [4.78, 5) is 26.6. The highest BCUT2D eigenvalue weighted by atomic mass is 19.4. The van der Waals surface area contributed by atoms with E-state index in [-0.39, 0.29) is 23.1 Å². The molecule has 6 nitrogen and oxygen atoms in total. The molecule has 1 fully saturated rings. The molecule has 1 aromatic rings. The summed E-state index contributed by atoms with van der Waals surface area (Å²) in [5.41, 5.74) is -1.39. The average Bonchev–Trinajstić information content (AvgIpc) is 2.71. The second-order valence-electron chi connectivity index (χ2n) is 8.95. The fraction of sp³-hybridized carbons (Fsp3) is 0.636. The van der Waals surface area contributed by atoms with Gasteiger partial charge in [0.05, 0.1) is 12.7 Å². The number of carbonyl (C=O) groups excluding carboxylic acids is 2. The molecule has 1 aliphatic heterocycles. The van der Waals surface area contributed by atoms with Gasteiger partial charge >= 0.3 is 6.18 Å². The minimum Gasteiger partial charge on any atom is -0.497 e. The molecule has 1 saturated heterocycles. The fourth-order valence-corrected chi connectivity index (χ4v) is 3.36. The Bertz CT molecular complexity index is 767. The molecule has 1 aliphatic rings. The number of ether oxygens (including phenoxy) is 1. The van der Waals surface area contributed by atoms with Crippen molar-refractivity contribution < 1.29 is 27.5 Å². The van der Waals surface area contributed by atoms with E-state index in [4.69, 9.17) is 4.74 Å². The second-order valence-corrected chi connectivity index (χ2v) is 8.95. The zero-order chi connectivity index (χ0) is 23.2. The fourth-order valence-electron chi connectivity index (χ4n) is 3.36. The topological polar surface area (TPSA) is 70.7 Å². The van der Waals surface area contributed by atoms with Crippen LogP contribution in [-0.4, -0.2) is 56.5 Å². The number of benzene rings is 1. The summed E-state index contributed by atoms with van der Waals surface area (Å²) in [6.45, 7) is 9.09. The molecule has 0 saturated carbocycles. The first-order valence-corrected chi connectivity index (χ1v) is 10.5. The number of nitrogens with one attached hydrogen (secondary N) is 2. The summed E-state index contributed by atoms with van der Waals surface area (Å²) < 4.78 is 44.0. The standard InChI is InChI=1S/C22H32F3N3O3/c1-21(2,3)20(30)26-7-10-28-8-5-15(6-9-28)14-27-19(29)16-11-17(22(23,24)25)13-18(12-16)31-4/h11-13,15H,5-10,14H2,1-4H3,(H,26,30)(H,27,29). The number of piperidine rings is 1. The van der Waals surface area contributed by atoms with Gasteiger partial charge in [-0.15, -0.1) is 0 Å². The Labute approximate surface area is 181 Å². The molecule has 31 heavy (non-hydrogen) atoms. The highest BCUT2D eigenvalue weighted by Crippen LogP contribution is 2.32. The van der Waals surface area contributed by atoms with Gasteiger partial charge in [-0.05, 0) is 50.0 Å². The predicted molar refractivity (Wildman–Crippen MR) is 112 cm³/mol. The van der Waals surface area contributed by atoms with Gasteiger partial charge in [0.2, 0.25) is 5.91 Å². The first-order valence-electron chi connectivity index (χ1n) is 10.5. The predicted octanol–water partition coefficient (Wildman–Crippen LogP) is 3.32. The van der Waals surface area contributed by atoms with E-state index in [1.807, 2.05) is 20.8 Å². The van der Waals surface area contributed by atoms with E-state index in [1.54, 1.807) is 0 Å². The van der Waals surface area contributed by atoms with Gasteiger partial charge in [-0.1, -0.05) is 20.8 Å². The maximum atomic E-state index is 13.0. The van der Waals surface area contributed by atoms with Gasteiger partial charge in [0, 0.05) is 30.6 Å².